The quantitative estimate of drug-likeness (QED) is 0.662. The Balaban J connectivity index is 1.27. The minimum Gasteiger partial charge on any atom is -0.479 e. The molecule has 2 aliphatic heterocycles. The number of halogens is 1. The van der Waals surface area contributed by atoms with Gasteiger partial charge < -0.3 is 19.3 Å². The number of rotatable bonds is 6. The maximum Gasteiger partial charge on any atom is 0.268 e. The Morgan fingerprint density at radius 1 is 1.15 bits per heavy atom. The SMILES string of the molecule is CC(C)(C)N1Cc2c(F)cc(N3CC[C@@H](Oc4ccc(OCC5CC5)nc4)C3=O)cc2C1=O. The maximum atomic E-state index is 14.9. The highest BCUT2D eigenvalue weighted by Crippen LogP contribution is 2.35. The summed E-state index contributed by atoms with van der Waals surface area (Å²) in [5.41, 5.74) is 0.669. The van der Waals surface area contributed by atoms with E-state index in [-0.39, 0.29) is 18.4 Å². The summed E-state index contributed by atoms with van der Waals surface area (Å²) in [6.45, 7) is 7.05. The number of hydrogen-bond acceptors (Lipinski definition) is 5. The van der Waals surface area contributed by atoms with Crippen molar-refractivity contribution in [2.75, 3.05) is 18.1 Å². The van der Waals surface area contributed by atoms with Crippen LogP contribution in [0.25, 0.3) is 0 Å². The third-order valence-corrected chi connectivity index (χ3v) is 6.40. The van der Waals surface area contributed by atoms with Crippen molar-refractivity contribution < 1.29 is 23.5 Å². The van der Waals surface area contributed by atoms with Crippen molar-refractivity contribution in [3.63, 3.8) is 0 Å². The van der Waals surface area contributed by atoms with Crippen molar-refractivity contribution >= 4 is 17.5 Å². The summed E-state index contributed by atoms with van der Waals surface area (Å²) in [5, 5.41) is 0. The maximum absolute atomic E-state index is 14.9. The molecule has 7 nitrogen and oxygen atoms in total. The standard InChI is InChI=1S/C25H28FN3O4/c1-25(2,3)29-13-19-18(23(29)30)10-16(11-20(19)26)28-9-8-21(24(28)31)33-17-6-7-22(27-12-17)32-14-15-4-5-15/h6-7,10-12,15,21H,4-5,8-9,13-14H2,1-3H3/t21-/m1/s1. The average Bonchev–Trinajstić information content (AvgIpc) is 3.44. The molecular weight excluding hydrogens is 425 g/mol. The van der Waals surface area contributed by atoms with Gasteiger partial charge >= 0.3 is 0 Å². The Kier molecular flexibility index (Phi) is 5.26. The number of benzene rings is 1. The molecule has 8 heteroatoms. The van der Waals surface area contributed by atoms with E-state index in [1.807, 2.05) is 20.8 Å². The molecule has 1 saturated heterocycles. The van der Waals surface area contributed by atoms with E-state index in [0.717, 1.165) is 0 Å². The third kappa shape index (κ3) is 4.26. The van der Waals surface area contributed by atoms with Crippen LogP contribution in [0.5, 0.6) is 11.6 Å². The van der Waals surface area contributed by atoms with Crippen molar-refractivity contribution in [2.45, 2.75) is 58.2 Å². The van der Waals surface area contributed by atoms with Gasteiger partial charge in [0.2, 0.25) is 5.88 Å². The summed E-state index contributed by atoms with van der Waals surface area (Å²) in [7, 11) is 0. The van der Waals surface area contributed by atoms with E-state index < -0.39 is 17.5 Å². The van der Waals surface area contributed by atoms with E-state index in [1.165, 1.54) is 23.8 Å². The fourth-order valence-corrected chi connectivity index (χ4v) is 4.24. The zero-order valence-corrected chi connectivity index (χ0v) is 19.1. The number of amides is 2. The topological polar surface area (TPSA) is 72.0 Å². The normalized spacial score (nSPS) is 20.4. The van der Waals surface area contributed by atoms with Gasteiger partial charge in [0.15, 0.2) is 6.10 Å². The first-order valence-corrected chi connectivity index (χ1v) is 11.4. The van der Waals surface area contributed by atoms with Crippen LogP contribution in [0.15, 0.2) is 30.5 Å². The molecule has 0 radical (unpaired) electrons. The molecule has 1 aromatic heterocycles. The predicted octanol–water partition coefficient (Wildman–Crippen LogP) is 3.95. The fourth-order valence-electron chi connectivity index (χ4n) is 4.24. The minimum atomic E-state index is -0.692. The summed E-state index contributed by atoms with van der Waals surface area (Å²) in [6.07, 6.45) is 3.73. The molecule has 174 valence electrons. The molecule has 1 atom stereocenters. The van der Waals surface area contributed by atoms with Gasteiger partial charge in [-0.15, -0.1) is 0 Å². The van der Waals surface area contributed by atoms with E-state index in [2.05, 4.69) is 4.98 Å². The molecule has 1 aromatic carbocycles. The zero-order chi connectivity index (χ0) is 23.3. The minimum absolute atomic E-state index is 0.215. The van der Waals surface area contributed by atoms with Crippen LogP contribution in [0.2, 0.25) is 0 Å². The summed E-state index contributed by atoms with van der Waals surface area (Å²) in [4.78, 5) is 33.3. The van der Waals surface area contributed by atoms with Gasteiger partial charge in [0, 0.05) is 41.4 Å². The lowest BCUT2D eigenvalue weighted by molar-refractivity contribution is -0.122. The van der Waals surface area contributed by atoms with Crippen molar-refractivity contribution in [1.82, 2.24) is 9.88 Å². The number of anilines is 1. The smallest absolute Gasteiger partial charge is 0.268 e. The van der Waals surface area contributed by atoms with Crippen LogP contribution in [0.4, 0.5) is 10.1 Å². The Bertz CT molecular complexity index is 1090. The van der Waals surface area contributed by atoms with Gasteiger partial charge in [0.1, 0.15) is 11.6 Å². The van der Waals surface area contributed by atoms with Gasteiger partial charge in [-0.25, -0.2) is 9.37 Å². The number of ether oxygens (including phenoxy) is 2. The number of pyridine rings is 1. The highest BCUT2D eigenvalue weighted by molar-refractivity contribution is 6.03. The molecule has 0 unspecified atom stereocenters. The average molecular weight is 454 g/mol. The van der Waals surface area contributed by atoms with E-state index in [9.17, 15) is 14.0 Å². The number of aromatic nitrogens is 1. The van der Waals surface area contributed by atoms with E-state index in [4.69, 9.17) is 9.47 Å². The van der Waals surface area contributed by atoms with Crippen molar-refractivity contribution in [3.8, 4) is 11.6 Å². The molecule has 2 amide bonds. The highest BCUT2D eigenvalue weighted by atomic mass is 19.1. The van der Waals surface area contributed by atoms with Crippen LogP contribution in [0, 0.1) is 11.7 Å². The Morgan fingerprint density at radius 2 is 1.94 bits per heavy atom. The second-order valence-corrected chi connectivity index (χ2v) is 9.99. The molecule has 0 bridgehead atoms. The molecule has 2 aromatic rings. The van der Waals surface area contributed by atoms with Gasteiger partial charge in [0.05, 0.1) is 19.3 Å². The largest absolute Gasteiger partial charge is 0.479 e. The van der Waals surface area contributed by atoms with Crippen LogP contribution < -0.4 is 14.4 Å². The van der Waals surface area contributed by atoms with Gasteiger partial charge in [0.25, 0.3) is 11.8 Å². The molecule has 2 fully saturated rings. The van der Waals surface area contributed by atoms with Gasteiger partial charge in [-0.05, 0) is 57.7 Å². The predicted molar refractivity (Wildman–Crippen MR) is 120 cm³/mol. The lowest BCUT2D eigenvalue weighted by Crippen LogP contribution is -2.41. The van der Waals surface area contributed by atoms with Crippen LogP contribution in [0.1, 0.15) is 56.0 Å². The fraction of sp³-hybridized carbons (Fsp3) is 0.480. The number of hydrogen-bond donors (Lipinski definition) is 0. The third-order valence-electron chi connectivity index (χ3n) is 6.40. The lowest BCUT2D eigenvalue weighted by Gasteiger charge is -2.31. The summed E-state index contributed by atoms with van der Waals surface area (Å²) < 4.78 is 26.4. The van der Waals surface area contributed by atoms with Gasteiger partial charge in [-0.2, -0.15) is 0 Å². The highest BCUT2D eigenvalue weighted by Gasteiger charge is 2.39. The van der Waals surface area contributed by atoms with Crippen LogP contribution in [-0.2, 0) is 11.3 Å². The first kappa shape index (κ1) is 21.7. The second kappa shape index (κ2) is 8.01. The molecule has 1 saturated carbocycles. The van der Waals surface area contributed by atoms with Gasteiger partial charge in [-0.3, -0.25) is 9.59 Å². The molecule has 5 rings (SSSR count). The Labute approximate surface area is 192 Å². The molecule has 0 N–H and O–H groups in total. The monoisotopic (exact) mass is 453 g/mol. The van der Waals surface area contributed by atoms with Crippen LogP contribution >= 0.6 is 0 Å². The van der Waals surface area contributed by atoms with E-state index >= 15 is 0 Å². The second-order valence-electron chi connectivity index (χ2n) is 9.99. The molecule has 33 heavy (non-hydrogen) atoms. The van der Waals surface area contributed by atoms with Gasteiger partial charge in [-0.1, -0.05) is 0 Å². The van der Waals surface area contributed by atoms with Crippen LogP contribution in [0.3, 0.4) is 0 Å². The molecule has 1 aliphatic carbocycles. The molecule has 3 aliphatic rings. The Morgan fingerprint density at radius 3 is 2.61 bits per heavy atom. The first-order valence-electron chi connectivity index (χ1n) is 11.4. The molecule has 3 heterocycles. The van der Waals surface area contributed by atoms with E-state index in [1.54, 1.807) is 29.3 Å². The lowest BCUT2D eigenvalue weighted by atomic mass is 10.1. The zero-order valence-electron chi connectivity index (χ0n) is 19.1. The Hall–Kier alpha value is -3.16. The van der Waals surface area contributed by atoms with Crippen molar-refractivity contribution in [1.29, 1.82) is 0 Å². The summed E-state index contributed by atoms with van der Waals surface area (Å²) >= 11 is 0. The van der Waals surface area contributed by atoms with Crippen molar-refractivity contribution in [3.05, 3.63) is 47.4 Å². The van der Waals surface area contributed by atoms with Crippen LogP contribution in [-0.4, -0.2) is 46.5 Å². The first-order chi connectivity index (χ1) is 15.7. The number of carbonyl (C=O) groups excluding carboxylic acids is 2. The summed E-state index contributed by atoms with van der Waals surface area (Å²) in [6, 6.07) is 6.43. The van der Waals surface area contributed by atoms with Crippen molar-refractivity contribution in [2.24, 2.45) is 5.92 Å². The number of nitrogens with zero attached hydrogens (tertiary/aromatic N) is 3. The summed E-state index contributed by atoms with van der Waals surface area (Å²) in [5.74, 6) is 0.710. The molecular formula is C25H28FN3O4. The molecule has 0 spiro atoms. The van der Waals surface area contributed by atoms with E-state index in [0.29, 0.717) is 53.9 Å². The number of carbonyl (C=O) groups is 2. The number of fused-ring (bicyclic) bond motifs is 1.